The van der Waals surface area contributed by atoms with Crippen LogP contribution in [-0.2, 0) is 9.53 Å². The number of rotatable bonds is 4. The summed E-state index contributed by atoms with van der Waals surface area (Å²) in [5.41, 5.74) is 0.785. The third-order valence-corrected chi connectivity index (χ3v) is 3.36. The molecule has 22 heavy (non-hydrogen) atoms. The average molecular weight is 322 g/mol. The summed E-state index contributed by atoms with van der Waals surface area (Å²) in [4.78, 5) is 21.7. The number of ether oxygens (including phenoxy) is 1. The third-order valence-electron chi connectivity index (χ3n) is 2.95. The molecule has 1 aromatic carbocycles. The van der Waals surface area contributed by atoms with E-state index in [4.69, 9.17) is 16.0 Å². The molecule has 0 fully saturated rings. The maximum atomic E-state index is 11.2. The van der Waals surface area contributed by atoms with Gasteiger partial charge in [-0.3, -0.25) is 10.1 Å². The van der Waals surface area contributed by atoms with E-state index in [-0.39, 0.29) is 17.0 Å². The van der Waals surface area contributed by atoms with Crippen molar-refractivity contribution in [1.29, 1.82) is 0 Å². The first kappa shape index (κ1) is 15.8. The number of halogens is 1. The summed E-state index contributed by atoms with van der Waals surface area (Å²) in [6.07, 6.45) is 2.61. The van der Waals surface area contributed by atoms with Gasteiger partial charge in [-0.05, 0) is 36.8 Å². The lowest BCUT2D eigenvalue weighted by molar-refractivity contribution is -0.384. The second kappa shape index (κ2) is 6.44. The van der Waals surface area contributed by atoms with Crippen molar-refractivity contribution >= 4 is 29.3 Å². The Kier molecular flexibility index (Phi) is 4.62. The van der Waals surface area contributed by atoms with Crippen LogP contribution in [0.1, 0.15) is 11.3 Å². The fourth-order valence-corrected chi connectivity index (χ4v) is 1.98. The molecule has 2 aromatic rings. The number of methoxy groups -OCH3 is 1. The largest absolute Gasteiger partial charge is 0.466 e. The Labute approximate surface area is 131 Å². The lowest BCUT2D eigenvalue weighted by Gasteiger charge is -2.03. The van der Waals surface area contributed by atoms with E-state index < -0.39 is 10.9 Å². The molecule has 0 unspecified atom stereocenters. The molecule has 114 valence electrons. The number of aryl methyl sites for hydroxylation is 1. The Hall–Kier alpha value is -2.60. The normalized spacial score (nSPS) is 10.9. The number of hydrogen-bond donors (Lipinski definition) is 0. The van der Waals surface area contributed by atoms with E-state index >= 15 is 0 Å². The van der Waals surface area contributed by atoms with E-state index in [1.165, 1.54) is 31.4 Å². The van der Waals surface area contributed by atoms with Crippen molar-refractivity contribution < 1.29 is 18.9 Å². The minimum atomic E-state index is -0.526. The smallest absolute Gasteiger partial charge is 0.330 e. The molecule has 0 saturated heterocycles. The quantitative estimate of drug-likeness (QED) is 0.368. The van der Waals surface area contributed by atoms with Gasteiger partial charge in [-0.2, -0.15) is 0 Å². The van der Waals surface area contributed by atoms with Crippen LogP contribution in [0.3, 0.4) is 0 Å². The van der Waals surface area contributed by atoms with Crippen LogP contribution in [0.25, 0.3) is 17.4 Å². The maximum absolute atomic E-state index is 11.2. The minimum absolute atomic E-state index is 0.0975. The molecule has 0 aliphatic heterocycles. The number of hydrogen-bond acceptors (Lipinski definition) is 5. The second-order valence-electron chi connectivity index (χ2n) is 4.43. The first-order valence-corrected chi connectivity index (χ1v) is 6.61. The molecule has 7 heteroatoms. The molecule has 0 N–H and O–H groups in total. The molecule has 0 aliphatic rings. The molecular formula is C15H12ClNO5. The van der Waals surface area contributed by atoms with E-state index in [9.17, 15) is 14.9 Å². The summed E-state index contributed by atoms with van der Waals surface area (Å²) in [5.74, 6) is 0.131. The summed E-state index contributed by atoms with van der Waals surface area (Å²) >= 11 is 6.03. The molecule has 6 nitrogen and oxygen atoms in total. The first-order chi connectivity index (χ1) is 10.4. The summed E-state index contributed by atoms with van der Waals surface area (Å²) in [6.45, 7) is 1.69. The predicted molar refractivity (Wildman–Crippen MR) is 81.6 cm³/mol. The molecule has 0 spiro atoms. The van der Waals surface area contributed by atoms with Crippen molar-refractivity contribution in [2.24, 2.45) is 0 Å². The van der Waals surface area contributed by atoms with E-state index in [0.29, 0.717) is 16.3 Å². The predicted octanol–water partition coefficient (Wildman–Crippen LogP) is 4.00. The van der Waals surface area contributed by atoms with Gasteiger partial charge in [0.25, 0.3) is 5.69 Å². The monoisotopic (exact) mass is 321 g/mol. The molecule has 0 aliphatic carbocycles. The number of nitro benzene ring substituents is 1. The first-order valence-electron chi connectivity index (χ1n) is 6.23. The number of nitro groups is 1. The molecule has 0 atom stereocenters. The van der Waals surface area contributed by atoms with Gasteiger partial charge in [0.2, 0.25) is 0 Å². The van der Waals surface area contributed by atoms with Crippen LogP contribution in [0.15, 0.2) is 34.8 Å². The fourth-order valence-electron chi connectivity index (χ4n) is 1.82. The Morgan fingerprint density at radius 1 is 1.41 bits per heavy atom. The summed E-state index contributed by atoms with van der Waals surface area (Å²) in [6, 6.07) is 6.04. The standard InChI is InChI=1S/C15H12ClNO5/c1-9-7-13(17(19)20)11(8-12(9)16)14-5-3-10(22-14)4-6-15(18)21-2/h3-8H,1-2H3/b6-4+. The number of esters is 1. The molecule has 0 radical (unpaired) electrons. The lowest BCUT2D eigenvalue weighted by atomic mass is 10.1. The van der Waals surface area contributed by atoms with Gasteiger partial charge in [-0.15, -0.1) is 0 Å². The van der Waals surface area contributed by atoms with Gasteiger partial charge in [0.15, 0.2) is 0 Å². The SMILES string of the molecule is COC(=O)/C=C/c1ccc(-c2cc(Cl)c(C)cc2[N+](=O)[O-])o1. The van der Waals surface area contributed by atoms with Crippen molar-refractivity contribution in [3.63, 3.8) is 0 Å². The van der Waals surface area contributed by atoms with Crippen LogP contribution in [0.2, 0.25) is 5.02 Å². The molecule has 0 saturated carbocycles. The zero-order valence-corrected chi connectivity index (χ0v) is 12.6. The van der Waals surface area contributed by atoms with Crippen LogP contribution >= 0.6 is 11.6 Å². The molecular weight excluding hydrogens is 310 g/mol. The van der Waals surface area contributed by atoms with Gasteiger partial charge < -0.3 is 9.15 Å². The van der Waals surface area contributed by atoms with Crippen LogP contribution in [0.4, 0.5) is 5.69 Å². The van der Waals surface area contributed by atoms with Crippen LogP contribution in [-0.4, -0.2) is 18.0 Å². The Balaban J connectivity index is 2.43. The van der Waals surface area contributed by atoms with Gasteiger partial charge in [0, 0.05) is 17.2 Å². The van der Waals surface area contributed by atoms with E-state index in [0.717, 1.165) is 0 Å². The third kappa shape index (κ3) is 3.35. The number of carbonyl (C=O) groups is 1. The summed E-state index contributed by atoms with van der Waals surface area (Å²) in [7, 11) is 1.26. The number of furan rings is 1. The maximum Gasteiger partial charge on any atom is 0.330 e. The van der Waals surface area contributed by atoms with Crippen molar-refractivity contribution in [3.05, 3.63) is 56.8 Å². The zero-order chi connectivity index (χ0) is 16.3. The van der Waals surface area contributed by atoms with Crippen LogP contribution < -0.4 is 0 Å². The Morgan fingerprint density at radius 2 is 2.14 bits per heavy atom. The van der Waals surface area contributed by atoms with Gasteiger partial charge >= 0.3 is 5.97 Å². The molecule has 1 aromatic heterocycles. The highest BCUT2D eigenvalue weighted by Gasteiger charge is 2.20. The minimum Gasteiger partial charge on any atom is -0.466 e. The van der Waals surface area contributed by atoms with Crippen LogP contribution in [0, 0.1) is 17.0 Å². The summed E-state index contributed by atoms with van der Waals surface area (Å²) in [5, 5.41) is 11.6. The van der Waals surface area contributed by atoms with Crippen molar-refractivity contribution in [2.75, 3.05) is 7.11 Å². The number of carbonyl (C=O) groups excluding carboxylic acids is 1. The van der Waals surface area contributed by atoms with Crippen molar-refractivity contribution in [1.82, 2.24) is 0 Å². The topological polar surface area (TPSA) is 82.6 Å². The second-order valence-corrected chi connectivity index (χ2v) is 4.84. The highest BCUT2D eigenvalue weighted by atomic mass is 35.5. The Morgan fingerprint density at radius 3 is 2.77 bits per heavy atom. The van der Waals surface area contributed by atoms with Gasteiger partial charge in [0.1, 0.15) is 11.5 Å². The zero-order valence-electron chi connectivity index (χ0n) is 11.8. The number of nitrogens with zero attached hydrogens (tertiary/aromatic N) is 1. The number of benzene rings is 1. The molecule has 0 amide bonds. The fraction of sp³-hybridized carbons (Fsp3) is 0.133. The van der Waals surface area contributed by atoms with Crippen LogP contribution in [0.5, 0.6) is 0 Å². The van der Waals surface area contributed by atoms with Gasteiger partial charge in [-0.1, -0.05) is 11.6 Å². The van der Waals surface area contributed by atoms with Gasteiger partial charge in [-0.25, -0.2) is 4.79 Å². The van der Waals surface area contributed by atoms with E-state index in [1.54, 1.807) is 19.1 Å². The van der Waals surface area contributed by atoms with Gasteiger partial charge in [0.05, 0.1) is 17.6 Å². The highest BCUT2D eigenvalue weighted by Crippen LogP contribution is 2.35. The lowest BCUT2D eigenvalue weighted by Crippen LogP contribution is -1.93. The van der Waals surface area contributed by atoms with E-state index in [1.807, 2.05) is 0 Å². The van der Waals surface area contributed by atoms with E-state index in [2.05, 4.69) is 4.74 Å². The summed E-state index contributed by atoms with van der Waals surface area (Å²) < 4.78 is 9.96. The highest BCUT2D eigenvalue weighted by molar-refractivity contribution is 6.31. The van der Waals surface area contributed by atoms with Crippen molar-refractivity contribution in [3.8, 4) is 11.3 Å². The molecule has 1 heterocycles. The Bertz CT molecular complexity index is 763. The molecule has 2 rings (SSSR count). The molecule has 0 bridgehead atoms. The average Bonchev–Trinajstić information content (AvgIpc) is 2.95. The van der Waals surface area contributed by atoms with Crippen molar-refractivity contribution in [2.45, 2.75) is 6.92 Å².